The molecule has 1 fully saturated rings. The Morgan fingerprint density at radius 3 is 1.23 bits per heavy atom. The predicted molar refractivity (Wildman–Crippen MR) is 321 cm³/mol. The van der Waals surface area contributed by atoms with E-state index in [1.165, 1.54) is 44.9 Å². The molecular weight excluding hydrogens is 1000 g/mol. The van der Waals surface area contributed by atoms with Gasteiger partial charge in [0.25, 0.3) is 0 Å². The highest BCUT2D eigenvalue weighted by atomic mass is 32.3. The van der Waals surface area contributed by atoms with E-state index in [-0.39, 0.29) is 19.6 Å². The van der Waals surface area contributed by atoms with Crippen molar-refractivity contribution in [2.45, 2.75) is 243 Å². The van der Waals surface area contributed by atoms with Gasteiger partial charge < -0.3 is 34.3 Å². The van der Waals surface area contributed by atoms with E-state index in [9.17, 15) is 33.1 Å². The summed E-state index contributed by atoms with van der Waals surface area (Å²) in [4.78, 5) is 13.0. The largest absolute Gasteiger partial charge is 0.457 e. The first-order valence-electron chi connectivity index (χ1n) is 29.9. The van der Waals surface area contributed by atoms with Crippen LogP contribution in [0, 0.1) is 0 Å². The molecule has 78 heavy (non-hydrogen) atoms. The molecule has 0 aliphatic carbocycles. The summed E-state index contributed by atoms with van der Waals surface area (Å²) < 4.78 is 59.5. The van der Waals surface area contributed by atoms with Gasteiger partial charge in [-0.15, -0.1) is 0 Å². The zero-order valence-electron chi connectivity index (χ0n) is 48.2. The standard InChI is InChI=1S/C65H106O12S/c1-3-5-7-9-11-13-15-17-19-21-23-25-27-29-31-33-35-37-39-41-43-45-47-49-51-53-55-73-57-59(58-74-65-63(69)64(77-78(70,71)72)62(68)60(56-66)76-65)75-61(67)54-52-50-48-46-44-42-40-38-36-34-32-30-28-26-24-22-20-18-16-14-12-10-8-6-4-2/h5-8,11-14,17-20,23-26,29-32,36,38,59-60,62-66,68-69H,3-4,9-10,15-16,21-22,27-28,33-35,37,39-58H2,1-2H3,(H,70,71,72)/b7-5-,8-6-,13-11-,14-12-,19-17-,20-18-,25-23-,26-24-,31-29-,32-30-,38-36-. The van der Waals surface area contributed by atoms with Crippen molar-refractivity contribution in [2.75, 3.05) is 26.4 Å². The number of carbonyl (C=O) groups excluding carboxylic acids is 1. The fourth-order valence-corrected chi connectivity index (χ4v) is 8.86. The summed E-state index contributed by atoms with van der Waals surface area (Å²) in [6.07, 6.45) is 70.5. The molecule has 0 radical (unpaired) electrons. The Morgan fingerprint density at radius 1 is 0.487 bits per heavy atom. The van der Waals surface area contributed by atoms with E-state index in [2.05, 4.69) is 152 Å². The highest BCUT2D eigenvalue weighted by Gasteiger charge is 2.48. The number of aliphatic hydroxyl groups excluding tert-OH is 3. The van der Waals surface area contributed by atoms with Crippen molar-refractivity contribution in [2.24, 2.45) is 0 Å². The molecule has 12 nitrogen and oxygen atoms in total. The maximum atomic E-state index is 13.0. The molecule has 0 aromatic rings. The second-order valence-corrected chi connectivity index (χ2v) is 20.9. The third-order valence-electron chi connectivity index (χ3n) is 12.8. The molecule has 0 aromatic heterocycles. The molecule has 4 N–H and O–H groups in total. The Bertz CT molecular complexity index is 1860. The summed E-state index contributed by atoms with van der Waals surface area (Å²) in [7, 11) is -5.08. The van der Waals surface area contributed by atoms with Gasteiger partial charge in [0.05, 0.1) is 19.8 Å². The Morgan fingerprint density at radius 2 is 0.846 bits per heavy atom. The molecule has 0 spiro atoms. The quantitative estimate of drug-likeness (QED) is 0.0196. The summed E-state index contributed by atoms with van der Waals surface area (Å²) in [5.41, 5.74) is 0. The van der Waals surface area contributed by atoms with Crippen LogP contribution in [0.2, 0.25) is 0 Å². The number of hydrogen-bond acceptors (Lipinski definition) is 11. The van der Waals surface area contributed by atoms with E-state index in [0.717, 1.165) is 135 Å². The third-order valence-corrected chi connectivity index (χ3v) is 13.2. The second kappa shape index (κ2) is 53.9. The van der Waals surface area contributed by atoms with Crippen molar-refractivity contribution in [3.63, 3.8) is 0 Å². The zero-order chi connectivity index (χ0) is 56.7. The van der Waals surface area contributed by atoms with Crippen LogP contribution < -0.4 is 0 Å². The number of carbonyl (C=O) groups is 1. The van der Waals surface area contributed by atoms with E-state index in [1.54, 1.807) is 0 Å². The molecule has 444 valence electrons. The van der Waals surface area contributed by atoms with Crippen molar-refractivity contribution in [1.29, 1.82) is 0 Å². The minimum Gasteiger partial charge on any atom is -0.457 e. The Labute approximate surface area is 473 Å². The number of ether oxygens (including phenoxy) is 4. The summed E-state index contributed by atoms with van der Waals surface area (Å²) in [5, 5.41) is 30.9. The molecule has 0 bridgehead atoms. The van der Waals surface area contributed by atoms with Gasteiger partial charge >= 0.3 is 16.4 Å². The van der Waals surface area contributed by atoms with Crippen LogP contribution in [0.15, 0.2) is 134 Å². The fourth-order valence-electron chi connectivity index (χ4n) is 8.35. The van der Waals surface area contributed by atoms with Gasteiger partial charge in [-0.2, -0.15) is 8.42 Å². The smallest absolute Gasteiger partial charge is 0.397 e. The second-order valence-electron chi connectivity index (χ2n) is 19.8. The number of aliphatic hydroxyl groups is 3. The summed E-state index contributed by atoms with van der Waals surface area (Å²) in [6.45, 7) is 3.73. The van der Waals surface area contributed by atoms with Gasteiger partial charge in [-0.1, -0.05) is 225 Å². The summed E-state index contributed by atoms with van der Waals surface area (Å²) >= 11 is 0. The summed E-state index contributed by atoms with van der Waals surface area (Å²) in [5.74, 6) is -0.420. The number of allylic oxidation sites excluding steroid dienone is 22. The normalized spacial score (nSPS) is 19.4. The minimum absolute atomic E-state index is 0.0173. The predicted octanol–water partition coefficient (Wildman–Crippen LogP) is 15.4. The lowest BCUT2D eigenvalue weighted by molar-refractivity contribution is -0.301. The van der Waals surface area contributed by atoms with Gasteiger partial charge in [-0.3, -0.25) is 9.35 Å². The van der Waals surface area contributed by atoms with Crippen molar-refractivity contribution in [3.05, 3.63) is 134 Å². The molecule has 6 atom stereocenters. The van der Waals surface area contributed by atoms with E-state index in [4.69, 9.17) is 18.9 Å². The molecular formula is C65H106O12S. The summed E-state index contributed by atoms with van der Waals surface area (Å²) in [6, 6.07) is 0. The van der Waals surface area contributed by atoms with Crippen molar-refractivity contribution >= 4 is 16.4 Å². The van der Waals surface area contributed by atoms with Crippen LogP contribution in [-0.2, 0) is 38.3 Å². The zero-order valence-corrected chi connectivity index (χ0v) is 49.0. The molecule has 0 amide bonds. The first-order chi connectivity index (χ1) is 38.1. The molecule has 1 aliphatic heterocycles. The van der Waals surface area contributed by atoms with Crippen LogP contribution >= 0.6 is 0 Å². The molecule has 0 saturated carbocycles. The van der Waals surface area contributed by atoms with Crippen molar-refractivity contribution < 1.29 is 56.2 Å². The first-order valence-corrected chi connectivity index (χ1v) is 31.3. The Hall–Kier alpha value is -3.76. The number of hydrogen-bond donors (Lipinski definition) is 4. The van der Waals surface area contributed by atoms with E-state index in [0.29, 0.717) is 13.0 Å². The number of rotatable bonds is 51. The average molecular weight is 1110 g/mol. The number of unbranched alkanes of at least 4 members (excludes halogenated alkanes) is 16. The topological polar surface area (TPSA) is 178 Å². The molecule has 1 saturated heterocycles. The van der Waals surface area contributed by atoms with Crippen molar-refractivity contribution in [1.82, 2.24) is 0 Å². The van der Waals surface area contributed by atoms with Crippen LogP contribution in [0.3, 0.4) is 0 Å². The fraction of sp³-hybridized carbons (Fsp3) is 0.646. The first kappa shape index (κ1) is 72.3. The maximum Gasteiger partial charge on any atom is 0.397 e. The van der Waals surface area contributed by atoms with Gasteiger partial charge in [0.1, 0.15) is 30.5 Å². The number of esters is 1. The lowest BCUT2D eigenvalue weighted by Gasteiger charge is -2.41. The van der Waals surface area contributed by atoms with Crippen LogP contribution in [0.5, 0.6) is 0 Å². The molecule has 1 aliphatic rings. The molecule has 1 rings (SSSR count). The SMILES string of the molecule is CC/C=C\C/C=C\C/C=C\C/C=C\C/C=C\C/C=C\CCCCCCCCC(=O)OC(COCCCCCCCCCCCC/C=C\C/C=C\C/C=C\C/C=C\C/C=C\CC)COC1OC(CO)C(O)C(OS(=O)(=O)O)C1O. The highest BCUT2D eigenvalue weighted by molar-refractivity contribution is 7.80. The van der Waals surface area contributed by atoms with Crippen LogP contribution in [-0.4, -0.2) is 97.5 Å². The van der Waals surface area contributed by atoms with Gasteiger partial charge in [-0.25, -0.2) is 4.18 Å². The van der Waals surface area contributed by atoms with Crippen LogP contribution in [0.25, 0.3) is 0 Å². The third kappa shape index (κ3) is 46.0. The van der Waals surface area contributed by atoms with E-state index < -0.39 is 59.8 Å². The molecule has 6 unspecified atom stereocenters. The highest BCUT2D eigenvalue weighted by Crippen LogP contribution is 2.26. The van der Waals surface area contributed by atoms with Crippen LogP contribution in [0.4, 0.5) is 0 Å². The van der Waals surface area contributed by atoms with Crippen molar-refractivity contribution in [3.8, 4) is 0 Å². The van der Waals surface area contributed by atoms with Crippen LogP contribution in [0.1, 0.15) is 206 Å². The van der Waals surface area contributed by atoms with E-state index >= 15 is 0 Å². The monoisotopic (exact) mass is 1110 g/mol. The Balaban J connectivity index is 2.32. The maximum absolute atomic E-state index is 13.0. The molecule has 1 heterocycles. The Kier molecular flexibility index (Phi) is 49.9. The molecule has 13 heteroatoms. The van der Waals surface area contributed by atoms with Gasteiger partial charge in [-0.05, 0) is 109 Å². The lowest BCUT2D eigenvalue weighted by atomic mass is 9.99. The van der Waals surface area contributed by atoms with Gasteiger partial charge in [0, 0.05) is 13.0 Å². The van der Waals surface area contributed by atoms with Gasteiger partial charge in [0.2, 0.25) is 0 Å². The van der Waals surface area contributed by atoms with Gasteiger partial charge in [0.15, 0.2) is 6.29 Å². The minimum atomic E-state index is -5.08. The lowest BCUT2D eigenvalue weighted by Crippen LogP contribution is -2.60. The molecule has 0 aromatic carbocycles. The average Bonchev–Trinajstić information content (AvgIpc) is 3.46. The van der Waals surface area contributed by atoms with E-state index in [1.807, 2.05) is 0 Å².